The molecule has 0 aliphatic rings. The Morgan fingerprint density at radius 2 is 1.95 bits per heavy atom. The summed E-state index contributed by atoms with van der Waals surface area (Å²) < 4.78 is 5.49. The zero-order valence-electron chi connectivity index (χ0n) is 12.3. The number of benzene rings is 1. The molecule has 0 saturated carbocycles. The van der Waals surface area contributed by atoms with E-state index in [2.05, 4.69) is 51.7 Å². The first-order valence-electron chi connectivity index (χ1n) is 7.00. The summed E-state index contributed by atoms with van der Waals surface area (Å²) in [5.41, 5.74) is 1.23. The first kappa shape index (κ1) is 14.4. The molecule has 0 atom stereocenters. The van der Waals surface area contributed by atoms with E-state index in [1.807, 2.05) is 19.9 Å². The van der Waals surface area contributed by atoms with E-state index < -0.39 is 0 Å². The van der Waals surface area contributed by atoms with Crippen LogP contribution in [0.1, 0.15) is 32.1 Å². The minimum absolute atomic E-state index is 0.266. The maximum absolute atomic E-state index is 5.49. The van der Waals surface area contributed by atoms with Gasteiger partial charge in [0.2, 0.25) is 5.89 Å². The topological polar surface area (TPSA) is 54.2 Å². The third-order valence-electron chi connectivity index (χ3n) is 3.08. The molecule has 0 aliphatic heterocycles. The molecule has 1 aromatic carbocycles. The van der Waals surface area contributed by atoms with Gasteiger partial charge < -0.3 is 14.6 Å². The van der Waals surface area contributed by atoms with Gasteiger partial charge in [-0.25, -0.2) is 0 Å². The van der Waals surface area contributed by atoms with Crippen molar-refractivity contribution in [1.82, 2.24) is 10.2 Å². The molecule has 0 fully saturated rings. The summed E-state index contributed by atoms with van der Waals surface area (Å²) in [6.07, 6.45) is 1.00. The predicted molar refractivity (Wildman–Crippen MR) is 81.2 cm³/mol. The maximum Gasteiger partial charge on any atom is 0.315 e. The van der Waals surface area contributed by atoms with Crippen LogP contribution in [0.25, 0.3) is 0 Å². The van der Waals surface area contributed by atoms with Crippen LogP contribution >= 0.6 is 0 Å². The highest BCUT2D eigenvalue weighted by atomic mass is 16.4. The summed E-state index contributed by atoms with van der Waals surface area (Å²) in [6.45, 7) is 5.86. The highest BCUT2D eigenvalue weighted by Crippen LogP contribution is 2.15. The number of para-hydroxylation sites is 1. The standard InChI is InChI=1S/C15H22N4O/c1-12(2)14-17-18-15(20-14)16-10-7-11-19(3)13-8-5-4-6-9-13/h4-6,8-9,12H,7,10-11H2,1-3H3,(H,16,18). The summed E-state index contributed by atoms with van der Waals surface area (Å²) >= 11 is 0. The fraction of sp³-hybridized carbons (Fsp3) is 0.467. The van der Waals surface area contributed by atoms with Crippen molar-refractivity contribution in [2.24, 2.45) is 0 Å². The molecule has 1 N–H and O–H groups in total. The van der Waals surface area contributed by atoms with Crippen LogP contribution in [0.3, 0.4) is 0 Å². The van der Waals surface area contributed by atoms with Gasteiger partial charge in [-0.3, -0.25) is 0 Å². The van der Waals surface area contributed by atoms with Gasteiger partial charge in [-0.2, -0.15) is 0 Å². The van der Waals surface area contributed by atoms with Crippen LogP contribution in [-0.4, -0.2) is 30.3 Å². The van der Waals surface area contributed by atoms with Crippen molar-refractivity contribution in [3.05, 3.63) is 36.2 Å². The minimum Gasteiger partial charge on any atom is -0.408 e. The largest absolute Gasteiger partial charge is 0.408 e. The van der Waals surface area contributed by atoms with E-state index in [0.717, 1.165) is 19.5 Å². The first-order valence-corrected chi connectivity index (χ1v) is 7.00. The van der Waals surface area contributed by atoms with E-state index in [9.17, 15) is 0 Å². The lowest BCUT2D eigenvalue weighted by Gasteiger charge is -2.18. The minimum atomic E-state index is 0.266. The van der Waals surface area contributed by atoms with Crippen LogP contribution < -0.4 is 10.2 Å². The molecule has 1 aromatic heterocycles. The number of aromatic nitrogens is 2. The molecule has 0 bridgehead atoms. The number of rotatable bonds is 7. The van der Waals surface area contributed by atoms with Gasteiger partial charge in [0.1, 0.15) is 0 Å². The number of hydrogen-bond donors (Lipinski definition) is 1. The summed E-state index contributed by atoms with van der Waals surface area (Å²) in [5, 5.41) is 11.1. The molecule has 0 unspecified atom stereocenters. The molecule has 2 rings (SSSR count). The Labute approximate surface area is 120 Å². The predicted octanol–water partition coefficient (Wildman–Crippen LogP) is 3.13. The molecule has 20 heavy (non-hydrogen) atoms. The number of hydrogen-bond acceptors (Lipinski definition) is 5. The van der Waals surface area contributed by atoms with Gasteiger partial charge in [0.25, 0.3) is 0 Å². The van der Waals surface area contributed by atoms with E-state index >= 15 is 0 Å². The molecule has 1 heterocycles. The average Bonchev–Trinajstić information content (AvgIpc) is 2.93. The lowest BCUT2D eigenvalue weighted by atomic mass is 10.2. The fourth-order valence-electron chi connectivity index (χ4n) is 1.86. The molecule has 5 nitrogen and oxygen atoms in total. The molecular weight excluding hydrogens is 252 g/mol. The van der Waals surface area contributed by atoms with Crippen molar-refractivity contribution in [3.8, 4) is 0 Å². The molecule has 5 heteroatoms. The molecular formula is C15H22N4O. The van der Waals surface area contributed by atoms with Gasteiger partial charge in [-0.1, -0.05) is 37.1 Å². The quantitative estimate of drug-likeness (QED) is 0.786. The molecule has 0 spiro atoms. The highest BCUT2D eigenvalue weighted by molar-refractivity contribution is 5.44. The first-order chi connectivity index (χ1) is 9.66. The zero-order valence-corrected chi connectivity index (χ0v) is 12.3. The van der Waals surface area contributed by atoms with Gasteiger partial charge in [-0.05, 0) is 18.6 Å². The summed E-state index contributed by atoms with van der Waals surface area (Å²) in [4.78, 5) is 2.23. The van der Waals surface area contributed by atoms with E-state index in [0.29, 0.717) is 11.9 Å². The molecule has 0 radical (unpaired) electrons. The second kappa shape index (κ2) is 6.93. The van der Waals surface area contributed by atoms with Crippen LogP contribution in [0.2, 0.25) is 0 Å². The van der Waals surface area contributed by atoms with Gasteiger partial charge in [0, 0.05) is 31.7 Å². The zero-order chi connectivity index (χ0) is 14.4. The fourth-order valence-corrected chi connectivity index (χ4v) is 1.86. The highest BCUT2D eigenvalue weighted by Gasteiger charge is 2.08. The Balaban J connectivity index is 1.71. The Morgan fingerprint density at radius 1 is 1.20 bits per heavy atom. The monoisotopic (exact) mass is 274 g/mol. The number of nitrogens with one attached hydrogen (secondary N) is 1. The summed E-state index contributed by atoms with van der Waals surface area (Å²) in [7, 11) is 2.10. The molecule has 0 amide bonds. The van der Waals surface area contributed by atoms with Crippen LogP contribution in [0.15, 0.2) is 34.7 Å². The van der Waals surface area contributed by atoms with Gasteiger partial charge in [0.05, 0.1) is 0 Å². The summed E-state index contributed by atoms with van der Waals surface area (Å²) in [6, 6.07) is 10.9. The Hall–Kier alpha value is -2.04. The smallest absolute Gasteiger partial charge is 0.315 e. The Kier molecular flexibility index (Phi) is 4.98. The van der Waals surface area contributed by atoms with E-state index in [1.54, 1.807) is 0 Å². The average molecular weight is 274 g/mol. The van der Waals surface area contributed by atoms with Gasteiger partial charge in [-0.15, -0.1) is 5.10 Å². The second-order valence-electron chi connectivity index (χ2n) is 5.14. The maximum atomic E-state index is 5.49. The van der Waals surface area contributed by atoms with E-state index in [1.165, 1.54) is 5.69 Å². The third kappa shape index (κ3) is 3.98. The van der Waals surface area contributed by atoms with Crippen molar-refractivity contribution in [3.63, 3.8) is 0 Å². The van der Waals surface area contributed by atoms with Gasteiger partial charge in [0.15, 0.2) is 0 Å². The van der Waals surface area contributed by atoms with Crippen molar-refractivity contribution in [1.29, 1.82) is 0 Å². The molecule has 2 aromatic rings. The lowest BCUT2D eigenvalue weighted by molar-refractivity contribution is 0.480. The summed E-state index contributed by atoms with van der Waals surface area (Å²) in [5.74, 6) is 0.941. The molecule has 0 aliphatic carbocycles. The lowest BCUT2D eigenvalue weighted by Crippen LogP contribution is -2.20. The van der Waals surface area contributed by atoms with Crippen LogP contribution in [0.5, 0.6) is 0 Å². The Morgan fingerprint density at radius 3 is 2.60 bits per heavy atom. The van der Waals surface area contributed by atoms with Crippen molar-refractivity contribution < 1.29 is 4.42 Å². The SMILES string of the molecule is CC(C)c1nnc(NCCCN(C)c2ccccc2)o1. The van der Waals surface area contributed by atoms with Crippen LogP contribution in [-0.2, 0) is 0 Å². The van der Waals surface area contributed by atoms with Crippen molar-refractivity contribution in [2.75, 3.05) is 30.4 Å². The third-order valence-corrected chi connectivity index (χ3v) is 3.08. The second-order valence-corrected chi connectivity index (χ2v) is 5.14. The molecule has 108 valence electrons. The number of nitrogens with zero attached hydrogens (tertiary/aromatic N) is 3. The number of anilines is 2. The van der Waals surface area contributed by atoms with E-state index in [-0.39, 0.29) is 5.92 Å². The Bertz CT molecular complexity index is 510. The van der Waals surface area contributed by atoms with Crippen molar-refractivity contribution >= 4 is 11.7 Å². The normalized spacial score (nSPS) is 10.8. The van der Waals surface area contributed by atoms with Crippen molar-refractivity contribution in [2.45, 2.75) is 26.2 Å². The molecule has 0 saturated heterocycles. The van der Waals surface area contributed by atoms with Crippen LogP contribution in [0, 0.1) is 0 Å². The van der Waals surface area contributed by atoms with E-state index in [4.69, 9.17) is 4.42 Å². The van der Waals surface area contributed by atoms with Crippen LogP contribution in [0.4, 0.5) is 11.7 Å². The van der Waals surface area contributed by atoms with Gasteiger partial charge >= 0.3 is 6.01 Å².